The van der Waals surface area contributed by atoms with Gasteiger partial charge >= 0.3 is 0 Å². The molecule has 0 aliphatic carbocycles. The molecule has 13 heavy (non-hydrogen) atoms. The van der Waals surface area contributed by atoms with Crippen molar-refractivity contribution in [2.75, 3.05) is 26.5 Å². The van der Waals surface area contributed by atoms with Gasteiger partial charge < -0.3 is 14.2 Å². The number of ether oxygens (including phenoxy) is 3. The Hall–Kier alpha value is 0.604. The van der Waals surface area contributed by atoms with Gasteiger partial charge in [0.05, 0.1) is 19.0 Å². The van der Waals surface area contributed by atoms with E-state index >= 15 is 0 Å². The Bertz CT molecular complexity index is 104. The summed E-state index contributed by atoms with van der Waals surface area (Å²) >= 11 is 5.38. The molecular weight excluding hydrogens is 224 g/mol. The summed E-state index contributed by atoms with van der Waals surface area (Å²) in [5, 5.41) is 0. The van der Waals surface area contributed by atoms with Gasteiger partial charge in [-0.05, 0) is 0 Å². The van der Waals surface area contributed by atoms with Crippen LogP contribution in [0.5, 0.6) is 0 Å². The summed E-state index contributed by atoms with van der Waals surface area (Å²) in [7, 11) is 3.16. The predicted octanol–water partition coefficient (Wildman–Crippen LogP) is -0.0926. The van der Waals surface area contributed by atoms with Crippen molar-refractivity contribution in [2.24, 2.45) is 0 Å². The molecule has 0 heterocycles. The van der Waals surface area contributed by atoms with Crippen LogP contribution in [0.1, 0.15) is 0 Å². The summed E-state index contributed by atoms with van der Waals surface area (Å²) in [6.45, 7) is 0. The van der Waals surface area contributed by atoms with Gasteiger partial charge in [-0.3, -0.25) is 0 Å². The summed E-state index contributed by atoms with van der Waals surface area (Å²) in [6, 6.07) is 2.96. The highest BCUT2D eigenvalue weighted by Crippen LogP contribution is 1.96. The van der Waals surface area contributed by atoms with Gasteiger partial charge in [-0.25, -0.2) is 0 Å². The minimum atomic E-state index is -0.207. The standard InChI is InChI=1S/C7H19ClO3Si2/c1-9-7(10-2)13-4-3-12-6-11-5-8/h7H,3-6,12-13H2,1-2H3. The van der Waals surface area contributed by atoms with Crippen LogP contribution in [0.4, 0.5) is 0 Å². The summed E-state index contributed by atoms with van der Waals surface area (Å²) in [5.74, 6) is 0.0999. The first-order valence-electron chi connectivity index (χ1n) is 4.54. The molecule has 0 aliphatic heterocycles. The van der Waals surface area contributed by atoms with Crippen LogP contribution in [0.3, 0.4) is 0 Å². The molecule has 0 aromatic carbocycles. The van der Waals surface area contributed by atoms with E-state index in [9.17, 15) is 0 Å². The van der Waals surface area contributed by atoms with Crippen LogP contribution >= 0.6 is 11.6 Å². The lowest BCUT2D eigenvalue weighted by atomic mass is 10.9. The minimum Gasteiger partial charge on any atom is -0.370 e. The van der Waals surface area contributed by atoms with Gasteiger partial charge in [-0.2, -0.15) is 0 Å². The molecule has 0 unspecified atom stereocenters. The number of methoxy groups -OCH3 is 2. The number of rotatable bonds is 9. The van der Waals surface area contributed by atoms with Crippen molar-refractivity contribution in [3.8, 4) is 0 Å². The molecule has 0 bridgehead atoms. The molecule has 0 saturated carbocycles. The molecule has 0 radical (unpaired) electrons. The highest BCUT2D eigenvalue weighted by atomic mass is 35.5. The molecule has 80 valence electrons. The van der Waals surface area contributed by atoms with Gasteiger partial charge in [-0.1, -0.05) is 23.7 Å². The summed E-state index contributed by atoms with van der Waals surface area (Å²) in [6.07, 6.45) is 0.905. The molecule has 6 heteroatoms. The number of hydrogen-bond acceptors (Lipinski definition) is 3. The Morgan fingerprint density at radius 3 is 2.46 bits per heavy atom. The van der Waals surface area contributed by atoms with E-state index in [0.717, 1.165) is 6.23 Å². The second-order valence-corrected chi connectivity index (χ2v) is 6.76. The fourth-order valence-electron chi connectivity index (χ4n) is 1.08. The molecule has 0 aliphatic rings. The highest BCUT2D eigenvalue weighted by molar-refractivity contribution is 6.42. The third-order valence-electron chi connectivity index (χ3n) is 1.83. The lowest BCUT2D eigenvalue weighted by molar-refractivity contribution is -0.0440. The smallest absolute Gasteiger partial charge is 0.134 e. The van der Waals surface area contributed by atoms with E-state index in [2.05, 4.69) is 0 Å². The average molecular weight is 243 g/mol. The van der Waals surface area contributed by atoms with Crippen LogP contribution in [0.25, 0.3) is 0 Å². The van der Waals surface area contributed by atoms with E-state index in [0.29, 0.717) is 6.07 Å². The van der Waals surface area contributed by atoms with Gasteiger partial charge in [0.15, 0.2) is 0 Å². The van der Waals surface area contributed by atoms with Crippen molar-refractivity contribution in [3.63, 3.8) is 0 Å². The molecule has 0 aromatic rings. The Morgan fingerprint density at radius 1 is 1.23 bits per heavy atom. The fourth-order valence-corrected chi connectivity index (χ4v) is 5.30. The molecule has 0 rings (SSSR count). The average Bonchev–Trinajstić information content (AvgIpc) is 2.17. The van der Waals surface area contributed by atoms with Crippen LogP contribution in [0, 0.1) is 0 Å². The zero-order valence-electron chi connectivity index (χ0n) is 8.42. The van der Waals surface area contributed by atoms with Gasteiger partial charge in [0.1, 0.15) is 12.0 Å². The van der Waals surface area contributed by atoms with Crippen molar-refractivity contribution in [1.29, 1.82) is 0 Å². The second-order valence-electron chi connectivity index (χ2n) is 2.77. The molecule has 3 nitrogen and oxygen atoms in total. The fraction of sp³-hybridized carbons (Fsp3) is 1.00. The highest BCUT2D eigenvalue weighted by Gasteiger charge is 2.04. The van der Waals surface area contributed by atoms with Crippen molar-refractivity contribution in [1.82, 2.24) is 0 Å². The van der Waals surface area contributed by atoms with E-state index in [1.165, 1.54) is 12.1 Å². The summed E-state index contributed by atoms with van der Waals surface area (Å²) in [5.41, 5.74) is 0. The van der Waals surface area contributed by atoms with E-state index in [1.807, 2.05) is 0 Å². The van der Waals surface area contributed by atoms with Crippen molar-refractivity contribution in [2.45, 2.75) is 18.0 Å². The first-order valence-corrected chi connectivity index (χ1v) is 8.89. The van der Waals surface area contributed by atoms with E-state index in [-0.39, 0.29) is 25.0 Å². The zero-order valence-corrected chi connectivity index (χ0v) is 12.0. The predicted molar refractivity (Wildman–Crippen MR) is 61.2 cm³/mol. The number of alkyl halides is 1. The summed E-state index contributed by atoms with van der Waals surface area (Å²) < 4.78 is 15.3. The van der Waals surface area contributed by atoms with Crippen LogP contribution < -0.4 is 0 Å². The SMILES string of the molecule is COC(OC)[SiH2]CC[SiH2]COCCl. The first-order chi connectivity index (χ1) is 6.35. The Balaban J connectivity index is 3.05. The van der Waals surface area contributed by atoms with E-state index < -0.39 is 0 Å². The molecule has 0 N–H and O–H groups in total. The number of hydrogen-bond donors (Lipinski definition) is 0. The normalized spacial score (nSPS) is 12.9. The molecule has 0 amide bonds. The van der Waals surface area contributed by atoms with Gasteiger partial charge in [0.2, 0.25) is 0 Å². The maximum absolute atomic E-state index is 5.38. The molecular formula is C7H19ClO3Si2. The third kappa shape index (κ3) is 8.92. The van der Waals surface area contributed by atoms with Crippen LogP contribution in [0.15, 0.2) is 0 Å². The Morgan fingerprint density at radius 2 is 1.92 bits per heavy atom. The maximum atomic E-state index is 5.38. The third-order valence-corrected chi connectivity index (χ3v) is 6.61. The van der Waals surface area contributed by atoms with Gasteiger partial charge in [0.25, 0.3) is 0 Å². The zero-order chi connectivity index (χ0) is 9.94. The largest absolute Gasteiger partial charge is 0.370 e. The molecule has 0 fully saturated rings. The Labute approximate surface area is 89.7 Å². The first kappa shape index (κ1) is 13.6. The quantitative estimate of drug-likeness (QED) is 0.245. The number of halogens is 1. The lowest BCUT2D eigenvalue weighted by Gasteiger charge is -2.11. The molecule has 0 spiro atoms. The molecule has 0 aromatic heterocycles. The van der Waals surface area contributed by atoms with Crippen molar-refractivity contribution in [3.05, 3.63) is 0 Å². The lowest BCUT2D eigenvalue weighted by Crippen LogP contribution is -2.21. The van der Waals surface area contributed by atoms with E-state index in [4.69, 9.17) is 25.8 Å². The van der Waals surface area contributed by atoms with Crippen molar-refractivity contribution >= 4 is 30.6 Å². The topological polar surface area (TPSA) is 27.7 Å². The minimum absolute atomic E-state index is 0.0410. The van der Waals surface area contributed by atoms with Crippen molar-refractivity contribution < 1.29 is 14.2 Å². The maximum Gasteiger partial charge on any atom is 0.134 e. The molecule has 0 atom stereocenters. The molecule has 0 saturated heterocycles. The van der Waals surface area contributed by atoms with Crippen LogP contribution in [-0.2, 0) is 14.2 Å². The van der Waals surface area contributed by atoms with Gasteiger partial charge in [0, 0.05) is 20.4 Å². The van der Waals surface area contributed by atoms with E-state index in [1.54, 1.807) is 14.2 Å². The monoisotopic (exact) mass is 242 g/mol. The second kappa shape index (κ2) is 10.7. The Kier molecular flexibility index (Phi) is 11.2. The van der Waals surface area contributed by atoms with Crippen LogP contribution in [-0.4, -0.2) is 51.5 Å². The summed E-state index contributed by atoms with van der Waals surface area (Å²) in [4.78, 5) is 0. The van der Waals surface area contributed by atoms with Gasteiger partial charge in [-0.15, -0.1) is 0 Å². The van der Waals surface area contributed by atoms with Crippen LogP contribution in [0.2, 0.25) is 12.1 Å².